The van der Waals surface area contributed by atoms with Gasteiger partial charge in [-0.2, -0.15) is 4.39 Å². The minimum Gasteiger partial charge on any atom is -0.484 e. The van der Waals surface area contributed by atoms with Crippen LogP contribution < -0.4 is 10.1 Å². The van der Waals surface area contributed by atoms with Gasteiger partial charge in [0.2, 0.25) is 11.7 Å². The number of aliphatic hydroxyl groups is 1. The van der Waals surface area contributed by atoms with Gasteiger partial charge in [0, 0.05) is 25.6 Å². The second kappa shape index (κ2) is 10.9. The number of benzene rings is 2. The van der Waals surface area contributed by atoms with Crippen LogP contribution in [0.15, 0.2) is 42.0 Å². The van der Waals surface area contributed by atoms with E-state index in [1.165, 1.54) is 6.92 Å². The van der Waals surface area contributed by atoms with Gasteiger partial charge in [0.1, 0.15) is 6.10 Å². The Morgan fingerprint density at radius 3 is 2.41 bits per heavy atom. The third-order valence-corrected chi connectivity index (χ3v) is 6.68. The van der Waals surface area contributed by atoms with E-state index in [1.54, 1.807) is 36.1 Å². The van der Waals surface area contributed by atoms with Gasteiger partial charge in [0.25, 0.3) is 0 Å². The maximum atomic E-state index is 13.9. The van der Waals surface area contributed by atoms with Crippen LogP contribution in [0.1, 0.15) is 37.8 Å². The molecule has 2 aliphatic rings. The summed E-state index contributed by atoms with van der Waals surface area (Å²) in [4.78, 5) is 26.7. The van der Waals surface area contributed by atoms with Gasteiger partial charge in [-0.3, -0.25) is 4.79 Å². The van der Waals surface area contributed by atoms with E-state index in [1.807, 2.05) is 0 Å². The van der Waals surface area contributed by atoms with Crippen molar-refractivity contribution < 1.29 is 37.7 Å². The minimum absolute atomic E-state index is 0.0758. The average Bonchev–Trinajstić information content (AvgIpc) is 2.83. The Kier molecular flexibility index (Phi) is 7.89. The lowest BCUT2D eigenvalue weighted by molar-refractivity contribution is -0.140. The number of nitrogens with one attached hydrogen (secondary N) is 1. The predicted molar refractivity (Wildman–Crippen MR) is 129 cm³/mol. The SMILES string of the molecule is CC(Cc1ccc(C2=C(C(=O)O)[C@H]3CNC[C@@H](C2)N3C(=O)C[C@H](C)O)cc1)Oc1c(F)ccc(F)c1F. The Balaban J connectivity index is 1.55. The normalized spacial score (nSPS) is 21.0. The number of aliphatic carboxylic acids is 1. The van der Waals surface area contributed by atoms with Crippen LogP contribution in [0, 0.1) is 17.5 Å². The van der Waals surface area contributed by atoms with Crippen LogP contribution in [0.2, 0.25) is 0 Å². The molecular weight excluding hydrogens is 489 g/mol. The van der Waals surface area contributed by atoms with E-state index in [2.05, 4.69) is 5.32 Å². The number of carbonyl (C=O) groups excluding carboxylic acids is 1. The molecule has 37 heavy (non-hydrogen) atoms. The van der Waals surface area contributed by atoms with Gasteiger partial charge in [0.15, 0.2) is 17.4 Å². The number of hydrogen-bond acceptors (Lipinski definition) is 5. The Labute approximate surface area is 212 Å². The molecule has 2 aromatic carbocycles. The van der Waals surface area contributed by atoms with Crippen molar-refractivity contribution in [3.05, 3.63) is 70.5 Å². The van der Waals surface area contributed by atoms with E-state index in [9.17, 15) is 33.0 Å². The largest absolute Gasteiger partial charge is 0.484 e. The van der Waals surface area contributed by atoms with Crippen molar-refractivity contribution in [3.63, 3.8) is 0 Å². The average molecular weight is 519 g/mol. The first-order valence-corrected chi connectivity index (χ1v) is 12.1. The van der Waals surface area contributed by atoms with Crippen molar-refractivity contribution in [1.82, 2.24) is 10.2 Å². The number of halogens is 3. The molecule has 10 heteroatoms. The number of fused-ring (bicyclic) bond motifs is 2. The lowest BCUT2D eigenvalue weighted by atomic mass is 9.82. The summed E-state index contributed by atoms with van der Waals surface area (Å²) in [5.74, 6) is -5.73. The lowest BCUT2D eigenvalue weighted by Gasteiger charge is -2.47. The fraction of sp³-hybridized carbons (Fsp3) is 0.407. The highest BCUT2D eigenvalue weighted by Crippen LogP contribution is 2.37. The summed E-state index contributed by atoms with van der Waals surface area (Å²) in [5.41, 5.74) is 2.27. The van der Waals surface area contributed by atoms with E-state index in [-0.39, 0.29) is 30.4 Å². The number of amides is 1. The lowest BCUT2D eigenvalue weighted by Crippen LogP contribution is -2.63. The van der Waals surface area contributed by atoms with E-state index in [0.29, 0.717) is 36.7 Å². The smallest absolute Gasteiger partial charge is 0.334 e. The molecule has 0 aromatic heterocycles. The van der Waals surface area contributed by atoms with Crippen LogP contribution in [-0.2, 0) is 16.0 Å². The third-order valence-electron chi connectivity index (χ3n) is 6.68. The molecule has 4 atom stereocenters. The molecule has 1 saturated heterocycles. The van der Waals surface area contributed by atoms with E-state index in [4.69, 9.17) is 4.74 Å². The molecule has 2 aliphatic heterocycles. The molecule has 4 rings (SSSR count). The maximum absolute atomic E-state index is 13.9. The summed E-state index contributed by atoms with van der Waals surface area (Å²) >= 11 is 0. The molecule has 1 unspecified atom stereocenters. The Morgan fingerprint density at radius 2 is 1.76 bits per heavy atom. The fourth-order valence-corrected chi connectivity index (χ4v) is 5.11. The summed E-state index contributed by atoms with van der Waals surface area (Å²) < 4.78 is 46.6. The second-order valence-electron chi connectivity index (χ2n) is 9.59. The molecule has 0 aliphatic carbocycles. The van der Waals surface area contributed by atoms with Gasteiger partial charge in [-0.1, -0.05) is 24.3 Å². The van der Waals surface area contributed by atoms with Gasteiger partial charge in [-0.05, 0) is 49.1 Å². The highest BCUT2D eigenvalue weighted by Gasteiger charge is 2.44. The Morgan fingerprint density at radius 1 is 1.08 bits per heavy atom. The summed E-state index contributed by atoms with van der Waals surface area (Å²) in [7, 11) is 0. The van der Waals surface area contributed by atoms with Crippen LogP contribution in [0.25, 0.3) is 5.57 Å². The highest BCUT2D eigenvalue weighted by molar-refractivity contribution is 6.00. The minimum atomic E-state index is -1.38. The number of ether oxygens (including phenoxy) is 1. The van der Waals surface area contributed by atoms with Gasteiger partial charge in [-0.15, -0.1) is 0 Å². The van der Waals surface area contributed by atoms with Crippen LogP contribution >= 0.6 is 0 Å². The summed E-state index contributed by atoms with van der Waals surface area (Å²) in [6.45, 7) is 3.94. The van der Waals surface area contributed by atoms with Crippen molar-refractivity contribution in [2.75, 3.05) is 13.1 Å². The first kappa shape index (κ1) is 26.7. The molecule has 7 nitrogen and oxygen atoms in total. The van der Waals surface area contributed by atoms with Crippen LogP contribution in [0.3, 0.4) is 0 Å². The van der Waals surface area contributed by atoms with Crippen molar-refractivity contribution in [1.29, 1.82) is 0 Å². The number of carboxylic acids is 1. The molecule has 198 valence electrons. The fourth-order valence-electron chi connectivity index (χ4n) is 5.11. The van der Waals surface area contributed by atoms with Crippen LogP contribution in [-0.4, -0.2) is 64.4 Å². The Hall–Kier alpha value is -3.37. The predicted octanol–water partition coefficient (Wildman–Crippen LogP) is 3.30. The topological polar surface area (TPSA) is 99.1 Å². The first-order valence-electron chi connectivity index (χ1n) is 12.1. The standard InChI is InChI=1S/C27H29F3N2O5/c1-14(33)9-23(34)32-18-11-19(24(27(35)36)22(32)13-31-12-18)17-5-3-16(4-6-17)10-15(2)37-26-21(29)8-7-20(28)25(26)30/h3-8,14-15,18,22,31,33H,9-13H2,1-2H3,(H,35,36)/t14-,15?,18+,22+/m0/s1. The molecular formula is C27H29F3N2O5. The summed E-state index contributed by atoms with van der Waals surface area (Å²) in [6, 6.07) is 7.70. The highest BCUT2D eigenvalue weighted by atomic mass is 19.2. The van der Waals surface area contributed by atoms with Gasteiger partial charge in [-0.25, -0.2) is 13.6 Å². The van der Waals surface area contributed by atoms with E-state index >= 15 is 0 Å². The monoisotopic (exact) mass is 518 g/mol. The maximum Gasteiger partial charge on any atom is 0.334 e. The number of carboxylic acid groups (broad SMARTS) is 1. The van der Waals surface area contributed by atoms with Gasteiger partial charge in [0.05, 0.1) is 24.1 Å². The number of aliphatic hydroxyl groups excluding tert-OH is 1. The number of rotatable bonds is 8. The number of carbonyl (C=O) groups is 2. The molecule has 1 fully saturated rings. The molecule has 1 amide bonds. The van der Waals surface area contributed by atoms with Crippen molar-refractivity contribution in [2.45, 2.75) is 57.4 Å². The molecule has 2 aromatic rings. The molecule has 2 bridgehead atoms. The van der Waals surface area contributed by atoms with Crippen molar-refractivity contribution >= 4 is 17.4 Å². The molecule has 0 spiro atoms. The number of hydrogen-bond donors (Lipinski definition) is 3. The second-order valence-corrected chi connectivity index (χ2v) is 9.59. The van der Waals surface area contributed by atoms with Crippen LogP contribution in [0.5, 0.6) is 5.75 Å². The zero-order valence-electron chi connectivity index (χ0n) is 20.5. The van der Waals surface area contributed by atoms with E-state index in [0.717, 1.165) is 11.6 Å². The molecule has 3 N–H and O–H groups in total. The number of piperazine rings is 1. The molecule has 2 heterocycles. The Bertz CT molecular complexity index is 1220. The zero-order valence-corrected chi connectivity index (χ0v) is 20.5. The molecule has 0 radical (unpaired) electrons. The van der Waals surface area contributed by atoms with Crippen molar-refractivity contribution in [2.24, 2.45) is 0 Å². The van der Waals surface area contributed by atoms with Crippen molar-refractivity contribution in [3.8, 4) is 5.75 Å². The molecule has 0 saturated carbocycles. The first-order chi connectivity index (χ1) is 17.6. The summed E-state index contributed by atoms with van der Waals surface area (Å²) in [5, 5.41) is 22.9. The van der Waals surface area contributed by atoms with E-state index < -0.39 is 47.4 Å². The zero-order chi connectivity index (χ0) is 26.9. The van der Waals surface area contributed by atoms with Gasteiger partial charge >= 0.3 is 5.97 Å². The summed E-state index contributed by atoms with van der Waals surface area (Å²) in [6.07, 6.45) is -0.954. The van der Waals surface area contributed by atoms with Gasteiger partial charge < -0.3 is 25.2 Å². The quantitative estimate of drug-likeness (QED) is 0.464. The van der Waals surface area contributed by atoms with Crippen LogP contribution in [0.4, 0.5) is 13.2 Å². The number of nitrogens with zero attached hydrogens (tertiary/aromatic N) is 1. The third kappa shape index (κ3) is 5.65.